The van der Waals surface area contributed by atoms with Gasteiger partial charge >= 0.3 is 0 Å². The molecule has 0 amide bonds. The summed E-state index contributed by atoms with van der Waals surface area (Å²) in [5.41, 5.74) is 5.50. The number of aliphatic imine (C=N–C) groups is 1. The Morgan fingerprint density at radius 2 is 2.42 bits per heavy atom. The Labute approximate surface area is 74.0 Å². The van der Waals surface area contributed by atoms with Crippen LogP contribution in [0.4, 0.5) is 0 Å². The molecule has 1 saturated heterocycles. The maximum absolute atomic E-state index is 5.74. The highest BCUT2D eigenvalue weighted by Crippen LogP contribution is 2.32. The van der Waals surface area contributed by atoms with E-state index in [1.807, 2.05) is 0 Å². The zero-order valence-corrected chi connectivity index (χ0v) is 8.13. The van der Waals surface area contributed by atoms with Gasteiger partial charge in [0.2, 0.25) is 0 Å². The van der Waals surface area contributed by atoms with Crippen molar-refractivity contribution in [3.05, 3.63) is 0 Å². The second kappa shape index (κ2) is 3.44. The molecule has 0 aromatic rings. The van der Waals surface area contributed by atoms with Crippen molar-refractivity contribution in [1.82, 2.24) is 0 Å². The van der Waals surface area contributed by atoms with Crippen molar-refractivity contribution in [2.75, 3.05) is 0 Å². The average molecular weight is 170 g/mol. The summed E-state index contributed by atoms with van der Waals surface area (Å²) >= 11 is 0. The molecule has 1 fully saturated rings. The number of nitrogens with two attached hydrogens (primary N) is 1. The SMILES string of the molecule is CCC1(C)CCC(N=C(C)N)O1. The number of ether oxygens (including phenoxy) is 1. The van der Waals surface area contributed by atoms with E-state index >= 15 is 0 Å². The molecule has 0 aliphatic carbocycles. The van der Waals surface area contributed by atoms with Gasteiger partial charge in [-0.3, -0.25) is 0 Å². The van der Waals surface area contributed by atoms with Gasteiger partial charge in [0, 0.05) is 0 Å². The summed E-state index contributed by atoms with van der Waals surface area (Å²) in [6.45, 7) is 6.07. The molecule has 0 aromatic heterocycles. The van der Waals surface area contributed by atoms with Crippen LogP contribution in [0.5, 0.6) is 0 Å². The monoisotopic (exact) mass is 170 g/mol. The van der Waals surface area contributed by atoms with E-state index < -0.39 is 0 Å². The van der Waals surface area contributed by atoms with E-state index in [0.29, 0.717) is 5.84 Å². The Kier molecular flexibility index (Phi) is 2.73. The zero-order valence-electron chi connectivity index (χ0n) is 8.13. The van der Waals surface area contributed by atoms with Crippen LogP contribution in [0.2, 0.25) is 0 Å². The van der Waals surface area contributed by atoms with Crippen molar-refractivity contribution in [1.29, 1.82) is 0 Å². The van der Waals surface area contributed by atoms with Crippen LogP contribution in [0.1, 0.15) is 40.0 Å². The minimum Gasteiger partial charge on any atom is -0.388 e. The maximum Gasteiger partial charge on any atom is 0.151 e. The van der Waals surface area contributed by atoms with Crippen LogP contribution in [0, 0.1) is 0 Å². The molecule has 2 unspecified atom stereocenters. The van der Waals surface area contributed by atoms with Gasteiger partial charge in [0.05, 0.1) is 11.4 Å². The van der Waals surface area contributed by atoms with E-state index in [1.165, 1.54) is 0 Å². The quantitative estimate of drug-likeness (QED) is 0.506. The number of hydrogen-bond acceptors (Lipinski definition) is 2. The molecule has 1 aliphatic rings. The summed E-state index contributed by atoms with van der Waals surface area (Å²) < 4.78 is 5.74. The second-order valence-corrected chi connectivity index (χ2v) is 3.69. The van der Waals surface area contributed by atoms with Crippen molar-refractivity contribution in [3.63, 3.8) is 0 Å². The van der Waals surface area contributed by atoms with Gasteiger partial charge in [-0.1, -0.05) is 6.92 Å². The number of rotatable bonds is 2. The smallest absolute Gasteiger partial charge is 0.151 e. The van der Waals surface area contributed by atoms with Gasteiger partial charge in [-0.05, 0) is 33.1 Å². The van der Waals surface area contributed by atoms with Crippen molar-refractivity contribution in [3.8, 4) is 0 Å². The van der Waals surface area contributed by atoms with Crippen molar-refractivity contribution in [2.45, 2.75) is 51.9 Å². The fourth-order valence-electron chi connectivity index (χ4n) is 1.45. The first-order valence-electron chi connectivity index (χ1n) is 4.53. The van der Waals surface area contributed by atoms with E-state index in [9.17, 15) is 0 Å². The van der Waals surface area contributed by atoms with Crippen LogP contribution < -0.4 is 5.73 Å². The van der Waals surface area contributed by atoms with Crippen LogP contribution >= 0.6 is 0 Å². The minimum absolute atomic E-state index is 0.0000463. The van der Waals surface area contributed by atoms with Gasteiger partial charge in [-0.25, -0.2) is 4.99 Å². The van der Waals surface area contributed by atoms with Gasteiger partial charge in [0.25, 0.3) is 0 Å². The molecule has 2 atom stereocenters. The Balaban J connectivity index is 2.51. The Bertz CT molecular complexity index is 187. The standard InChI is InChI=1S/C9H18N2O/c1-4-9(3)6-5-8(12-9)11-7(2)10/h8H,4-6H2,1-3H3,(H2,10,11). The van der Waals surface area contributed by atoms with Crippen LogP contribution in [-0.4, -0.2) is 17.7 Å². The van der Waals surface area contributed by atoms with Crippen molar-refractivity contribution in [2.24, 2.45) is 10.7 Å². The minimum atomic E-state index is -0.0000463. The summed E-state index contributed by atoms with van der Waals surface area (Å²) in [6.07, 6.45) is 3.13. The molecule has 0 saturated carbocycles. The van der Waals surface area contributed by atoms with Gasteiger partial charge in [-0.2, -0.15) is 0 Å². The molecule has 3 heteroatoms. The largest absolute Gasteiger partial charge is 0.388 e. The summed E-state index contributed by atoms with van der Waals surface area (Å²) in [6, 6.07) is 0. The van der Waals surface area contributed by atoms with Crippen LogP contribution in [-0.2, 0) is 4.74 Å². The molecule has 1 rings (SSSR count). The van der Waals surface area contributed by atoms with Crippen LogP contribution in [0.3, 0.4) is 0 Å². The lowest BCUT2D eigenvalue weighted by Crippen LogP contribution is -2.23. The fourth-order valence-corrected chi connectivity index (χ4v) is 1.45. The van der Waals surface area contributed by atoms with E-state index in [4.69, 9.17) is 10.5 Å². The molecular formula is C9H18N2O. The first-order valence-corrected chi connectivity index (χ1v) is 4.53. The lowest BCUT2D eigenvalue weighted by Gasteiger charge is -2.21. The molecule has 0 spiro atoms. The lowest BCUT2D eigenvalue weighted by molar-refractivity contribution is -0.0265. The molecule has 0 radical (unpaired) electrons. The first kappa shape index (κ1) is 9.52. The van der Waals surface area contributed by atoms with E-state index in [0.717, 1.165) is 19.3 Å². The topological polar surface area (TPSA) is 47.6 Å². The van der Waals surface area contributed by atoms with Crippen LogP contribution in [0.15, 0.2) is 4.99 Å². The van der Waals surface area contributed by atoms with E-state index in [1.54, 1.807) is 6.92 Å². The number of amidine groups is 1. The Hall–Kier alpha value is -0.570. The highest BCUT2D eigenvalue weighted by Gasteiger charge is 2.33. The highest BCUT2D eigenvalue weighted by atomic mass is 16.5. The summed E-state index contributed by atoms with van der Waals surface area (Å²) in [4.78, 5) is 4.19. The zero-order chi connectivity index (χ0) is 9.19. The van der Waals surface area contributed by atoms with E-state index in [2.05, 4.69) is 18.8 Å². The van der Waals surface area contributed by atoms with Gasteiger partial charge < -0.3 is 10.5 Å². The fraction of sp³-hybridized carbons (Fsp3) is 0.889. The number of nitrogens with zero attached hydrogens (tertiary/aromatic N) is 1. The summed E-state index contributed by atoms with van der Waals surface area (Å²) in [5, 5.41) is 0. The molecule has 0 bridgehead atoms. The van der Waals surface area contributed by atoms with Gasteiger partial charge in [0.1, 0.15) is 0 Å². The predicted octanol–water partition coefficient (Wildman–Crippen LogP) is 1.67. The predicted molar refractivity (Wildman–Crippen MR) is 50.1 cm³/mol. The molecule has 2 N–H and O–H groups in total. The van der Waals surface area contributed by atoms with Gasteiger partial charge in [0.15, 0.2) is 6.23 Å². The van der Waals surface area contributed by atoms with Crippen LogP contribution in [0.25, 0.3) is 0 Å². The van der Waals surface area contributed by atoms with E-state index in [-0.39, 0.29) is 11.8 Å². The summed E-state index contributed by atoms with van der Waals surface area (Å²) in [7, 11) is 0. The molecule has 12 heavy (non-hydrogen) atoms. The third kappa shape index (κ3) is 2.21. The molecule has 70 valence electrons. The lowest BCUT2D eigenvalue weighted by atomic mass is 10.00. The molecule has 3 nitrogen and oxygen atoms in total. The average Bonchev–Trinajstić information content (AvgIpc) is 2.32. The molecule has 1 heterocycles. The molecular weight excluding hydrogens is 152 g/mol. The first-order chi connectivity index (χ1) is 5.56. The van der Waals surface area contributed by atoms with Gasteiger partial charge in [-0.15, -0.1) is 0 Å². The third-order valence-electron chi connectivity index (χ3n) is 2.44. The highest BCUT2D eigenvalue weighted by molar-refractivity contribution is 5.77. The Morgan fingerprint density at radius 3 is 2.83 bits per heavy atom. The maximum atomic E-state index is 5.74. The summed E-state index contributed by atoms with van der Waals surface area (Å²) in [5.74, 6) is 0.611. The number of hydrogen-bond donors (Lipinski definition) is 1. The third-order valence-corrected chi connectivity index (χ3v) is 2.44. The Morgan fingerprint density at radius 1 is 1.75 bits per heavy atom. The second-order valence-electron chi connectivity index (χ2n) is 3.69. The van der Waals surface area contributed by atoms with Crippen molar-refractivity contribution < 1.29 is 4.74 Å². The molecule has 0 aromatic carbocycles. The molecule has 1 aliphatic heterocycles. The normalized spacial score (nSPS) is 37.2. The van der Waals surface area contributed by atoms with Crippen molar-refractivity contribution >= 4 is 5.84 Å².